The Morgan fingerprint density at radius 1 is 0.932 bits per heavy atom. The lowest BCUT2D eigenvalue weighted by molar-refractivity contribution is -0.180. The Morgan fingerprint density at radius 3 is 2.50 bits per heavy atom. The van der Waals surface area contributed by atoms with Crippen molar-refractivity contribution in [2.24, 2.45) is 0 Å². The summed E-state index contributed by atoms with van der Waals surface area (Å²) in [4.78, 5) is 11.3. The first-order chi connectivity index (χ1) is 21.3. The minimum absolute atomic E-state index is 0.264. The highest BCUT2D eigenvalue weighted by atomic mass is 16.7. The first-order valence-electron chi connectivity index (χ1n) is 14.8. The second kappa shape index (κ2) is 14.5. The predicted octanol–water partition coefficient (Wildman–Crippen LogP) is 6.16. The molecular weight excluding hydrogens is 558 g/mol. The summed E-state index contributed by atoms with van der Waals surface area (Å²) in [7, 11) is 0. The molecule has 0 unspecified atom stereocenters. The van der Waals surface area contributed by atoms with Gasteiger partial charge in [-0.15, -0.1) is 0 Å². The normalized spacial score (nSPS) is 14.3. The highest BCUT2D eigenvalue weighted by molar-refractivity contribution is 5.89. The number of benzene rings is 4. The lowest BCUT2D eigenvalue weighted by Crippen LogP contribution is -2.35. The Hall–Kier alpha value is -4.21. The molecule has 8 nitrogen and oxygen atoms in total. The van der Waals surface area contributed by atoms with Crippen molar-refractivity contribution in [3.63, 3.8) is 0 Å². The maximum absolute atomic E-state index is 11.3. The van der Waals surface area contributed by atoms with Gasteiger partial charge in [0.1, 0.15) is 18.1 Å². The molecule has 1 aliphatic heterocycles. The van der Waals surface area contributed by atoms with E-state index < -0.39 is 17.9 Å². The average molecular weight is 598 g/mol. The summed E-state index contributed by atoms with van der Waals surface area (Å²) in [5, 5.41) is 23.2. The monoisotopic (exact) mass is 597 g/mol. The summed E-state index contributed by atoms with van der Waals surface area (Å²) >= 11 is 0. The highest BCUT2D eigenvalue weighted by Gasteiger charge is 2.27. The van der Waals surface area contributed by atoms with Gasteiger partial charge in [-0.05, 0) is 83.2 Å². The van der Waals surface area contributed by atoms with Gasteiger partial charge in [-0.1, -0.05) is 48.5 Å². The van der Waals surface area contributed by atoms with Gasteiger partial charge in [0.15, 0.2) is 0 Å². The second-order valence-corrected chi connectivity index (χ2v) is 11.3. The van der Waals surface area contributed by atoms with E-state index in [1.807, 2.05) is 86.6 Å². The Morgan fingerprint density at radius 2 is 1.70 bits per heavy atom. The number of aliphatic hydroxyl groups is 1. The third kappa shape index (κ3) is 8.67. The maximum atomic E-state index is 11.3. The number of hydrogen-bond donors (Lipinski definition) is 3. The summed E-state index contributed by atoms with van der Waals surface area (Å²) in [5.41, 5.74) is 6.03. The van der Waals surface area contributed by atoms with Gasteiger partial charge in [-0.3, -0.25) is 0 Å². The number of aromatic carboxylic acids is 1. The fourth-order valence-corrected chi connectivity index (χ4v) is 4.99. The van der Waals surface area contributed by atoms with E-state index in [-0.39, 0.29) is 5.56 Å². The molecule has 0 aliphatic carbocycles. The molecule has 230 valence electrons. The first-order valence-corrected chi connectivity index (χ1v) is 14.8. The van der Waals surface area contributed by atoms with Gasteiger partial charge in [-0.2, -0.15) is 0 Å². The number of carboxylic acid groups (broad SMARTS) is 1. The van der Waals surface area contributed by atoms with E-state index in [0.717, 1.165) is 52.3 Å². The van der Waals surface area contributed by atoms with Crippen LogP contribution in [0.3, 0.4) is 0 Å². The molecule has 0 saturated carbocycles. The van der Waals surface area contributed by atoms with Crippen molar-refractivity contribution < 1.29 is 34.0 Å². The van der Waals surface area contributed by atoms with Crippen molar-refractivity contribution in [2.75, 3.05) is 26.3 Å². The number of nitrogens with one attached hydrogen (secondary N) is 1. The molecule has 0 saturated heterocycles. The molecule has 0 radical (unpaired) electrons. The minimum Gasteiger partial charge on any atom is -0.491 e. The molecular formula is C36H39NO7. The van der Waals surface area contributed by atoms with Crippen LogP contribution in [0.15, 0.2) is 91.0 Å². The van der Waals surface area contributed by atoms with E-state index in [9.17, 15) is 15.0 Å². The highest BCUT2D eigenvalue weighted by Crippen LogP contribution is 2.33. The summed E-state index contributed by atoms with van der Waals surface area (Å²) in [6, 6.07) is 28.6. The van der Waals surface area contributed by atoms with Crippen LogP contribution in [0, 0.1) is 0 Å². The SMILES string of the molecule is CC1(C)OCc2cc([C@@H](O)CNCCc3ccc(OCCOCc4cccc(-c5cccc(C(=O)O)c5)c4)cc3)ccc2O1. The summed E-state index contributed by atoms with van der Waals surface area (Å²) < 4.78 is 23.2. The van der Waals surface area contributed by atoms with Gasteiger partial charge >= 0.3 is 5.97 Å². The zero-order valence-corrected chi connectivity index (χ0v) is 25.1. The number of fused-ring (bicyclic) bond motifs is 1. The van der Waals surface area contributed by atoms with Gasteiger partial charge in [0, 0.05) is 26.0 Å². The first kappa shape index (κ1) is 31.2. The molecule has 0 spiro atoms. The molecule has 44 heavy (non-hydrogen) atoms. The number of hydrogen-bond acceptors (Lipinski definition) is 7. The number of carbonyl (C=O) groups is 1. The van der Waals surface area contributed by atoms with Crippen LogP contribution >= 0.6 is 0 Å². The molecule has 1 atom stereocenters. The Labute approximate surface area is 258 Å². The number of carboxylic acids is 1. The third-order valence-corrected chi connectivity index (χ3v) is 7.39. The van der Waals surface area contributed by atoms with Crippen LogP contribution in [0.5, 0.6) is 11.5 Å². The standard InChI is InChI=1S/C36H39NO7/c1-36(2)43-24-31-21-29(11-14-34(31)44-36)33(38)22-37-16-15-25-9-12-32(13-10-25)42-18-17-41-23-26-5-3-6-27(19-26)28-7-4-8-30(20-28)35(39)40/h3-14,19-21,33,37-38H,15-18,22-24H2,1-2H3,(H,39,40)/t33-/m0/s1. The molecule has 3 N–H and O–H groups in total. The molecule has 4 aromatic carbocycles. The van der Waals surface area contributed by atoms with E-state index in [1.54, 1.807) is 18.2 Å². The lowest BCUT2D eigenvalue weighted by atomic mass is 10.0. The van der Waals surface area contributed by atoms with Crippen molar-refractivity contribution in [3.05, 3.63) is 119 Å². The van der Waals surface area contributed by atoms with E-state index in [0.29, 0.717) is 33.0 Å². The average Bonchev–Trinajstić information content (AvgIpc) is 3.03. The van der Waals surface area contributed by atoms with Crippen molar-refractivity contribution in [3.8, 4) is 22.6 Å². The van der Waals surface area contributed by atoms with E-state index in [1.165, 1.54) is 5.56 Å². The zero-order chi connectivity index (χ0) is 30.9. The fraction of sp³-hybridized carbons (Fsp3) is 0.306. The third-order valence-electron chi connectivity index (χ3n) is 7.39. The van der Waals surface area contributed by atoms with Crippen LogP contribution < -0.4 is 14.8 Å². The second-order valence-electron chi connectivity index (χ2n) is 11.3. The summed E-state index contributed by atoms with van der Waals surface area (Å²) in [6.45, 7) is 6.73. The quantitative estimate of drug-likeness (QED) is 0.149. The molecule has 0 bridgehead atoms. The van der Waals surface area contributed by atoms with Gasteiger partial charge in [0.05, 0.1) is 31.5 Å². The molecule has 0 aromatic heterocycles. The number of ether oxygens (including phenoxy) is 4. The summed E-state index contributed by atoms with van der Waals surface area (Å²) in [6.07, 6.45) is 0.213. The van der Waals surface area contributed by atoms with Crippen LogP contribution in [0.1, 0.15) is 52.6 Å². The van der Waals surface area contributed by atoms with Crippen molar-refractivity contribution in [1.82, 2.24) is 5.32 Å². The molecule has 5 rings (SSSR count). The number of rotatable bonds is 14. The minimum atomic E-state index is -0.941. The molecule has 8 heteroatoms. The molecule has 1 aliphatic rings. The Kier molecular flexibility index (Phi) is 10.3. The van der Waals surface area contributed by atoms with Crippen molar-refractivity contribution >= 4 is 5.97 Å². The van der Waals surface area contributed by atoms with Crippen molar-refractivity contribution in [2.45, 2.75) is 45.4 Å². The van der Waals surface area contributed by atoms with E-state index >= 15 is 0 Å². The van der Waals surface area contributed by atoms with Gasteiger partial charge in [0.2, 0.25) is 5.79 Å². The fourth-order valence-electron chi connectivity index (χ4n) is 4.99. The Bertz CT molecular complexity index is 1550. The smallest absolute Gasteiger partial charge is 0.335 e. The largest absolute Gasteiger partial charge is 0.491 e. The maximum Gasteiger partial charge on any atom is 0.335 e. The van der Waals surface area contributed by atoms with Gasteiger partial charge in [-0.25, -0.2) is 4.79 Å². The Balaban J connectivity index is 0.983. The van der Waals surface area contributed by atoms with Crippen LogP contribution in [0.4, 0.5) is 0 Å². The molecule has 1 heterocycles. The summed E-state index contributed by atoms with van der Waals surface area (Å²) in [5.74, 6) is 0.00778. The van der Waals surface area contributed by atoms with E-state index in [2.05, 4.69) is 5.32 Å². The van der Waals surface area contributed by atoms with Crippen LogP contribution in [0.25, 0.3) is 11.1 Å². The molecule has 4 aromatic rings. The van der Waals surface area contributed by atoms with Crippen LogP contribution in [0.2, 0.25) is 0 Å². The van der Waals surface area contributed by atoms with Crippen LogP contribution in [-0.4, -0.2) is 48.3 Å². The van der Waals surface area contributed by atoms with E-state index in [4.69, 9.17) is 18.9 Å². The number of aliphatic hydroxyl groups excluding tert-OH is 1. The van der Waals surface area contributed by atoms with Gasteiger partial charge in [0.25, 0.3) is 0 Å². The van der Waals surface area contributed by atoms with Crippen LogP contribution in [-0.2, 0) is 29.1 Å². The lowest BCUT2D eigenvalue weighted by Gasteiger charge is -2.33. The van der Waals surface area contributed by atoms with Gasteiger partial charge < -0.3 is 34.5 Å². The topological polar surface area (TPSA) is 106 Å². The molecule has 0 fully saturated rings. The zero-order valence-electron chi connectivity index (χ0n) is 25.1. The van der Waals surface area contributed by atoms with Crippen molar-refractivity contribution in [1.29, 1.82) is 0 Å². The predicted molar refractivity (Wildman–Crippen MR) is 168 cm³/mol. The molecule has 0 amide bonds.